The van der Waals surface area contributed by atoms with Crippen molar-refractivity contribution in [3.63, 3.8) is 0 Å². The van der Waals surface area contributed by atoms with Crippen LogP contribution in [0.1, 0.15) is 5.56 Å². The van der Waals surface area contributed by atoms with Gasteiger partial charge >= 0.3 is 0 Å². The van der Waals surface area contributed by atoms with E-state index >= 15 is 0 Å². The van der Waals surface area contributed by atoms with Crippen LogP contribution in [-0.4, -0.2) is 14.2 Å². The smallest absolute Gasteiger partial charge is 0.126 e. The molecule has 0 aliphatic carbocycles. The molecule has 0 N–H and O–H groups in total. The zero-order valence-electron chi connectivity index (χ0n) is 7.42. The van der Waals surface area contributed by atoms with E-state index in [1.165, 1.54) is 0 Å². The highest BCUT2D eigenvalue weighted by Crippen LogP contribution is 2.29. The maximum atomic E-state index is 5.14. The highest BCUT2D eigenvalue weighted by atomic mass is 32.1. The van der Waals surface area contributed by atoms with E-state index in [1.807, 2.05) is 19.1 Å². The molecule has 0 amide bonds. The third-order valence-corrected chi connectivity index (χ3v) is 2.23. The summed E-state index contributed by atoms with van der Waals surface area (Å²) >= 11 is 4.29. The zero-order chi connectivity index (χ0) is 9.14. The molecule has 0 fully saturated rings. The van der Waals surface area contributed by atoms with E-state index in [1.54, 1.807) is 14.2 Å². The van der Waals surface area contributed by atoms with Crippen LogP contribution in [0.15, 0.2) is 17.0 Å². The highest BCUT2D eigenvalue weighted by Gasteiger charge is 2.04. The first-order valence-electron chi connectivity index (χ1n) is 3.60. The molecule has 0 atom stereocenters. The molecule has 0 unspecified atom stereocenters. The van der Waals surface area contributed by atoms with Crippen LogP contribution in [0.5, 0.6) is 11.5 Å². The van der Waals surface area contributed by atoms with Crippen LogP contribution >= 0.6 is 12.6 Å². The molecule has 3 heteroatoms. The Balaban J connectivity index is 3.19. The molecule has 0 radical (unpaired) electrons. The van der Waals surface area contributed by atoms with Crippen LogP contribution in [0.25, 0.3) is 0 Å². The maximum Gasteiger partial charge on any atom is 0.126 e. The first-order chi connectivity index (χ1) is 5.69. The second kappa shape index (κ2) is 3.72. The molecular weight excluding hydrogens is 172 g/mol. The number of thiol groups is 1. The van der Waals surface area contributed by atoms with Crippen molar-refractivity contribution in [2.24, 2.45) is 0 Å². The monoisotopic (exact) mass is 184 g/mol. The van der Waals surface area contributed by atoms with Gasteiger partial charge in [-0.25, -0.2) is 0 Å². The minimum atomic E-state index is 0.766. The van der Waals surface area contributed by atoms with Crippen LogP contribution in [-0.2, 0) is 0 Å². The second-order valence-corrected chi connectivity index (χ2v) is 2.96. The quantitative estimate of drug-likeness (QED) is 0.711. The van der Waals surface area contributed by atoms with Gasteiger partial charge < -0.3 is 9.47 Å². The van der Waals surface area contributed by atoms with Gasteiger partial charge in [0, 0.05) is 16.5 Å². The standard InChI is InChI=1S/C9H12O2S/c1-6-8(11-3)4-7(10-2)5-9(6)12/h4-5,12H,1-3H3. The minimum absolute atomic E-state index is 0.766. The number of methoxy groups -OCH3 is 2. The third kappa shape index (κ3) is 1.67. The molecule has 0 saturated carbocycles. The summed E-state index contributed by atoms with van der Waals surface area (Å²) in [5.74, 6) is 1.57. The summed E-state index contributed by atoms with van der Waals surface area (Å²) in [6.07, 6.45) is 0. The molecule has 0 bridgehead atoms. The van der Waals surface area contributed by atoms with Gasteiger partial charge in [-0.15, -0.1) is 12.6 Å². The lowest BCUT2D eigenvalue weighted by molar-refractivity contribution is 0.390. The summed E-state index contributed by atoms with van der Waals surface area (Å²) in [5.41, 5.74) is 1.03. The number of hydrogen-bond donors (Lipinski definition) is 1. The molecule has 0 aliphatic heterocycles. The lowest BCUT2D eigenvalue weighted by atomic mass is 10.2. The van der Waals surface area contributed by atoms with Crippen molar-refractivity contribution >= 4 is 12.6 Å². The fraction of sp³-hybridized carbons (Fsp3) is 0.333. The normalized spacial score (nSPS) is 9.67. The van der Waals surface area contributed by atoms with Crippen LogP contribution in [0.3, 0.4) is 0 Å². The largest absolute Gasteiger partial charge is 0.497 e. The number of benzene rings is 1. The van der Waals surface area contributed by atoms with E-state index in [4.69, 9.17) is 9.47 Å². The Labute approximate surface area is 77.9 Å². The first-order valence-corrected chi connectivity index (χ1v) is 4.05. The molecule has 2 nitrogen and oxygen atoms in total. The van der Waals surface area contributed by atoms with E-state index in [9.17, 15) is 0 Å². The molecule has 66 valence electrons. The summed E-state index contributed by atoms with van der Waals surface area (Å²) in [6.45, 7) is 1.96. The Bertz CT molecular complexity index is 284. The number of rotatable bonds is 2. The van der Waals surface area contributed by atoms with Gasteiger partial charge in [-0.2, -0.15) is 0 Å². The zero-order valence-corrected chi connectivity index (χ0v) is 8.31. The van der Waals surface area contributed by atoms with E-state index in [0.717, 1.165) is 22.0 Å². The van der Waals surface area contributed by atoms with Gasteiger partial charge in [-0.3, -0.25) is 0 Å². The van der Waals surface area contributed by atoms with E-state index < -0.39 is 0 Å². The minimum Gasteiger partial charge on any atom is -0.497 e. The summed E-state index contributed by atoms with van der Waals surface area (Å²) in [5, 5.41) is 0. The molecule has 0 aliphatic rings. The van der Waals surface area contributed by atoms with Crippen molar-refractivity contribution in [2.75, 3.05) is 14.2 Å². The van der Waals surface area contributed by atoms with Crippen molar-refractivity contribution in [3.8, 4) is 11.5 Å². The highest BCUT2D eigenvalue weighted by molar-refractivity contribution is 7.80. The van der Waals surface area contributed by atoms with Gasteiger partial charge in [-0.05, 0) is 13.0 Å². The lowest BCUT2D eigenvalue weighted by Crippen LogP contribution is -1.90. The van der Waals surface area contributed by atoms with Gasteiger partial charge in [0.2, 0.25) is 0 Å². The Morgan fingerprint density at radius 3 is 2.33 bits per heavy atom. The van der Waals surface area contributed by atoms with Gasteiger partial charge in [0.05, 0.1) is 14.2 Å². The van der Waals surface area contributed by atoms with Crippen molar-refractivity contribution < 1.29 is 9.47 Å². The van der Waals surface area contributed by atoms with Crippen LogP contribution in [0.2, 0.25) is 0 Å². The first kappa shape index (κ1) is 9.26. The molecule has 1 aromatic rings. The average Bonchev–Trinajstić information content (AvgIpc) is 2.09. The topological polar surface area (TPSA) is 18.5 Å². The Hall–Kier alpha value is -0.830. The van der Waals surface area contributed by atoms with Crippen LogP contribution < -0.4 is 9.47 Å². The van der Waals surface area contributed by atoms with Gasteiger partial charge in [-0.1, -0.05) is 0 Å². The van der Waals surface area contributed by atoms with Crippen LogP contribution in [0, 0.1) is 6.92 Å². The predicted octanol–water partition coefficient (Wildman–Crippen LogP) is 2.30. The number of hydrogen-bond acceptors (Lipinski definition) is 3. The van der Waals surface area contributed by atoms with Gasteiger partial charge in [0.15, 0.2) is 0 Å². The fourth-order valence-electron chi connectivity index (χ4n) is 0.978. The molecule has 12 heavy (non-hydrogen) atoms. The van der Waals surface area contributed by atoms with Crippen molar-refractivity contribution in [1.29, 1.82) is 0 Å². The third-order valence-electron chi connectivity index (χ3n) is 1.76. The Morgan fingerprint density at radius 2 is 1.83 bits per heavy atom. The molecular formula is C9H12O2S. The second-order valence-electron chi connectivity index (χ2n) is 2.47. The molecule has 1 rings (SSSR count). The summed E-state index contributed by atoms with van der Waals surface area (Å²) in [6, 6.07) is 3.70. The van der Waals surface area contributed by atoms with Gasteiger partial charge in [0.25, 0.3) is 0 Å². The van der Waals surface area contributed by atoms with Crippen LogP contribution in [0.4, 0.5) is 0 Å². The van der Waals surface area contributed by atoms with Crippen molar-refractivity contribution in [2.45, 2.75) is 11.8 Å². The summed E-state index contributed by atoms with van der Waals surface area (Å²) < 4.78 is 10.2. The fourth-order valence-corrected chi connectivity index (χ4v) is 1.22. The molecule has 0 aromatic heterocycles. The molecule has 0 saturated heterocycles. The molecule has 0 heterocycles. The SMILES string of the molecule is COc1cc(S)c(C)c(OC)c1. The molecule has 1 aromatic carbocycles. The van der Waals surface area contributed by atoms with Gasteiger partial charge in [0.1, 0.15) is 11.5 Å². The average molecular weight is 184 g/mol. The van der Waals surface area contributed by atoms with Crippen molar-refractivity contribution in [1.82, 2.24) is 0 Å². The summed E-state index contributed by atoms with van der Waals surface area (Å²) in [4.78, 5) is 0.881. The summed E-state index contributed by atoms with van der Waals surface area (Å²) in [7, 11) is 3.26. The maximum absolute atomic E-state index is 5.14. The molecule has 0 spiro atoms. The van der Waals surface area contributed by atoms with Crippen molar-refractivity contribution in [3.05, 3.63) is 17.7 Å². The predicted molar refractivity (Wildman–Crippen MR) is 51.5 cm³/mol. The number of ether oxygens (including phenoxy) is 2. The lowest BCUT2D eigenvalue weighted by Gasteiger charge is -2.09. The Kier molecular flexibility index (Phi) is 2.87. The van der Waals surface area contributed by atoms with E-state index in [0.29, 0.717) is 0 Å². The van der Waals surface area contributed by atoms with E-state index in [2.05, 4.69) is 12.6 Å². The Morgan fingerprint density at radius 1 is 1.17 bits per heavy atom. The van der Waals surface area contributed by atoms with E-state index in [-0.39, 0.29) is 0 Å².